The molecule has 0 spiro atoms. The van der Waals surface area contributed by atoms with Crippen molar-refractivity contribution in [1.29, 1.82) is 0 Å². The normalized spacial score (nSPS) is 22.1. The van der Waals surface area contributed by atoms with Crippen molar-refractivity contribution in [3.63, 3.8) is 0 Å². The van der Waals surface area contributed by atoms with Gasteiger partial charge in [0.25, 0.3) is 0 Å². The van der Waals surface area contributed by atoms with Gasteiger partial charge in [0, 0.05) is 43.6 Å². The third-order valence-electron chi connectivity index (χ3n) is 16.2. The Morgan fingerprint density at radius 1 is 0.723 bits per heavy atom. The first-order chi connectivity index (χ1) is 29.9. The third kappa shape index (κ3) is 17.4. The Balaban J connectivity index is 2.11. The number of thiol groups is 1. The number of ketones is 2. The van der Waals surface area contributed by atoms with Gasteiger partial charge in [-0.25, -0.2) is 0 Å². The molecule has 0 radical (unpaired) electrons. The quantitative estimate of drug-likeness (QED) is 0.0362. The van der Waals surface area contributed by atoms with Crippen LogP contribution in [-0.2, 0) is 33.4 Å². The number of hydrogen-bond donors (Lipinski definition) is 2. The van der Waals surface area contributed by atoms with E-state index in [1.165, 1.54) is 26.2 Å². The van der Waals surface area contributed by atoms with Gasteiger partial charge in [-0.05, 0) is 158 Å². The molecule has 0 aromatic carbocycles. The summed E-state index contributed by atoms with van der Waals surface area (Å²) in [5, 5.41) is 2.82. The van der Waals surface area contributed by atoms with Crippen molar-refractivity contribution in [3.05, 3.63) is 24.9 Å². The van der Waals surface area contributed by atoms with E-state index in [1.54, 1.807) is 6.92 Å². The summed E-state index contributed by atoms with van der Waals surface area (Å²) in [6.07, 6.45) is 17.1. The van der Waals surface area contributed by atoms with Crippen LogP contribution in [0.3, 0.4) is 0 Å². The molecule has 0 aliphatic heterocycles. The number of nitrogens with one attached hydrogen (secondary N) is 1. The number of esters is 2. The second-order valence-electron chi connectivity index (χ2n) is 24.2. The highest BCUT2D eigenvalue weighted by atomic mass is 32.1. The Kier molecular flexibility index (Phi) is 22.6. The van der Waals surface area contributed by atoms with Gasteiger partial charge in [0.2, 0.25) is 5.91 Å². The van der Waals surface area contributed by atoms with Gasteiger partial charge >= 0.3 is 11.9 Å². The molecule has 2 saturated carbocycles. The maximum atomic E-state index is 14.5. The van der Waals surface area contributed by atoms with Crippen LogP contribution in [0.25, 0.3) is 0 Å². The van der Waals surface area contributed by atoms with Crippen molar-refractivity contribution < 1.29 is 33.4 Å². The lowest BCUT2D eigenvalue weighted by Crippen LogP contribution is -2.55. The smallest absolute Gasteiger partial charge is 0.312 e. The van der Waals surface area contributed by atoms with Gasteiger partial charge < -0.3 is 24.5 Å². The molecule has 374 valence electrons. The van der Waals surface area contributed by atoms with Crippen molar-refractivity contribution in [3.8, 4) is 0 Å². The lowest BCUT2D eigenvalue weighted by molar-refractivity contribution is -0.182. The van der Waals surface area contributed by atoms with Crippen LogP contribution in [0.15, 0.2) is 24.9 Å². The third-order valence-corrected chi connectivity index (χ3v) is 16.5. The summed E-state index contributed by atoms with van der Waals surface area (Å²) < 4.78 is 12.3. The lowest BCUT2D eigenvalue weighted by atomic mass is 9.47. The van der Waals surface area contributed by atoms with Crippen molar-refractivity contribution in [2.24, 2.45) is 44.3 Å². The molecule has 0 bridgehead atoms. The Morgan fingerprint density at radius 3 is 1.74 bits per heavy atom. The molecule has 2 aliphatic carbocycles. The van der Waals surface area contributed by atoms with E-state index in [2.05, 4.69) is 105 Å². The average Bonchev–Trinajstić information content (AvgIpc) is 3.20. The number of Topliss-reactive ketones (excluding diaryl/α,β-unsaturated/α-hetero) is 2. The molecular formula is C55H96N2O7S. The van der Waals surface area contributed by atoms with Crippen LogP contribution in [-0.4, -0.2) is 71.4 Å². The second kappa shape index (κ2) is 25.1. The molecule has 3 atom stereocenters. The maximum Gasteiger partial charge on any atom is 0.312 e. The largest absolute Gasteiger partial charge is 0.465 e. The van der Waals surface area contributed by atoms with Crippen LogP contribution >= 0.6 is 12.6 Å². The van der Waals surface area contributed by atoms with Crippen LogP contribution in [0.2, 0.25) is 0 Å². The van der Waals surface area contributed by atoms with E-state index in [9.17, 15) is 24.0 Å². The molecule has 1 amide bonds. The molecule has 9 nitrogen and oxygen atoms in total. The minimum absolute atomic E-state index is 0.00181. The van der Waals surface area contributed by atoms with Crippen molar-refractivity contribution in [1.82, 2.24) is 10.2 Å². The summed E-state index contributed by atoms with van der Waals surface area (Å²) in [5.74, 6) is 1.04. The van der Waals surface area contributed by atoms with Crippen LogP contribution in [0, 0.1) is 44.3 Å². The average molecular weight is 929 g/mol. The van der Waals surface area contributed by atoms with Crippen LogP contribution in [0.5, 0.6) is 0 Å². The number of nitrogens with zero attached hydrogens (tertiary/aromatic N) is 1. The molecule has 65 heavy (non-hydrogen) atoms. The number of hydrogen-bond acceptors (Lipinski definition) is 9. The van der Waals surface area contributed by atoms with Gasteiger partial charge in [0.1, 0.15) is 11.6 Å². The predicted octanol–water partition coefficient (Wildman–Crippen LogP) is 12.8. The standard InChI is InChI=1S/C55H96N2O7S/c1-17-18-21-39(2)57(45-30-26-43(27-31-45)36-42-24-28-44(29-25-42)56-47(60)32-23-40(3)58)33-20-35-64-48(61)54(15,51(8,9)10)38-52(11,12)53(13,14)55(16,37-50(5,6)7)49(62)63-34-19-22-46(59)41(4)65/h17,41-45,65H,1-2,18-38H2,3-16H3,(H,56,60). The molecule has 1 N–H and O–H groups in total. The number of ether oxygens (including phenoxy) is 2. The van der Waals surface area contributed by atoms with Gasteiger partial charge in [-0.3, -0.25) is 19.2 Å². The summed E-state index contributed by atoms with van der Waals surface area (Å²) in [4.78, 5) is 67.1. The van der Waals surface area contributed by atoms with Crippen molar-refractivity contribution in [2.75, 3.05) is 19.8 Å². The minimum atomic E-state index is -0.896. The molecule has 0 heterocycles. The Bertz CT molecular complexity index is 1590. The zero-order valence-electron chi connectivity index (χ0n) is 44.0. The number of rotatable bonds is 27. The van der Waals surface area contributed by atoms with Crippen LogP contribution in [0.1, 0.15) is 213 Å². The number of carbonyl (C=O) groups is 5. The number of carbonyl (C=O) groups excluding carboxylic acids is 5. The van der Waals surface area contributed by atoms with E-state index in [4.69, 9.17) is 9.47 Å². The maximum absolute atomic E-state index is 14.5. The van der Waals surface area contributed by atoms with Gasteiger partial charge in [-0.1, -0.05) is 81.9 Å². The summed E-state index contributed by atoms with van der Waals surface area (Å²) >= 11 is 4.26. The highest BCUT2D eigenvalue weighted by molar-refractivity contribution is 7.81. The molecular weight excluding hydrogens is 833 g/mol. The summed E-state index contributed by atoms with van der Waals surface area (Å²) in [6, 6.07) is 0.647. The molecule has 0 aromatic heterocycles. The molecule has 2 fully saturated rings. The molecule has 2 rings (SSSR count). The van der Waals surface area contributed by atoms with E-state index >= 15 is 0 Å². The molecule has 2 aliphatic rings. The minimum Gasteiger partial charge on any atom is -0.465 e. The predicted molar refractivity (Wildman–Crippen MR) is 271 cm³/mol. The molecule has 10 heteroatoms. The van der Waals surface area contributed by atoms with E-state index in [1.807, 2.05) is 19.9 Å². The van der Waals surface area contributed by atoms with Gasteiger partial charge in [0.15, 0.2) is 0 Å². The second-order valence-corrected chi connectivity index (χ2v) is 25.0. The molecule has 0 aromatic rings. The summed E-state index contributed by atoms with van der Waals surface area (Å²) in [7, 11) is 0. The topological polar surface area (TPSA) is 119 Å². The Hall–Kier alpha value is -2.62. The van der Waals surface area contributed by atoms with Gasteiger partial charge in [-0.15, -0.1) is 6.58 Å². The van der Waals surface area contributed by atoms with E-state index < -0.39 is 27.1 Å². The van der Waals surface area contributed by atoms with Crippen LogP contribution < -0.4 is 5.32 Å². The fourth-order valence-electron chi connectivity index (χ4n) is 10.7. The first-order valence-corrected chi connectivity index (χ1v) is 25.8. The highest BCUT2D eigenvalue weighted by Gasteiger charge is 2.60. The Labute approximate surface area is 403 Å². The van der Waals surface area contributed by atoms with E-state index in [0.717, 1.165) is 63.6 Å². The van der Waals surface area contributed by atoms with Gasteiger partial charge in [0.05, 0.1) is 29.3 Å². The Morgan fingerprint density at radius 2 is 1.25 bits per heavy atom. The van der Waals surface area contributed by atoms with E-state index in [-0.39, 0.29) is 52.7 Å². The van der Waals surface area contributed by atoms with Crippen molar-refractivity contribution >= 4 is 42.0 Å². The monoisotopic (exact) mass is 929 g/mol. The fourth-order valence-corrected chi connectivity index (χ4v) is 10.9. The summed E-state index contributed by atoms with van der Waals surface area (Å²) in [6.45, 7) is 38.5. The highest BCUT2D eigenvalue weighted by Crippen LogP contribution is 2.61. The molecule has 3 unspecified atom stereocenters. The first-order valence-electron chi connectivity index (χ1n) is 25.3. The number of allylic oxidation sites excluding steroid dienone is 2. The van der Waals surface area contributed by atoms with E-state index in [0.29, 0.717) is 69.4 Å². The first kappa shape index (κ1) is 58.5. The molecule has 0 saturated heterocycles. The lowest BCUT2D eigenvalue weighted by Gasteiger charge is -2.56. The van der Waals surface area contributed by atoms with Gasteiger partial charge in [-0.2, -0.15) is 12.6 Å². The fraction of sp³-hybridized carbons (Fsp3) is 0.836. The number of amides is 1. The van der Waals surface area contributed by atoms with Crippen LogP contribution in [0.4, 0.5) is 0 Å². The zero-order valence-corrected chi connectivity index (χ0v) is 44.9. The zero-order chi connectivity index (χ0) is 49.6. The SMILES string of the molecule is C=CCCC(=C)N(CCCOC(=O)C(C)(CC(C)(C)C(C)(C)C(C)(CC(C)(C)C)C(=O)OCCCC(=O)C(C)S)C(C)(C)C)C1CCC(CC2CCC(NC(=O)CCC(C)=O)CC2)CC1. The summed E-state index contributed by atoms with van der Waals surface area (Å²) in [5.41, 5.74) is -2.39. The van der Waals surface area contributed by atoms with Crippen molar-refractivity contribution in [2.45, 2.75) is 230 Å².